The summed E-state index contributed by atoms with van der Waals surface area (Å²) in [4.78, 5) is 20.0. The molecule has 3 rings (SSSR count). The minimum Gasteiger partial charge on any atom is -0.465 e. The molecular formula is C15H13ClN6O2S. The number of nitrogens with one attached hydrogen (secondary N) is 3. The first-order valence-electron chi connectivity index (χ1n) is 7.09. The second-order valence-corrected chi connectivity index (χ2v) is 6.39. The monoisotopic (exact) mass is 376 g/mol. The second kappa shape index (κ2) is 7.41. The molecule has 0 unspecified atom stereocenters. The van der Waals surface area contributed by atoms with E-state index in [1.165, 1.54) is 11.8 Å². The van der Waals surface area contributed by atoms with Crippen molar-refractivity contribution in [3.8, 4) is 0 Å². The van der Waals surface area contributed by atoms with Gasteiger partial charge in [0.25, 0.3) is 0 Å². The molecular weight excluding hydrogens is 364 g/mol. The van der Waals surface area contributed by atoms with E-state index in [9.17, 15) is 4.79 Å². The van der Waals surface area contributed by atoms with E-state index in [1.807, 2.05) is 13.0 Å². The highest BCUT2D eigenvalue weighted by Gasteiger charge is 2.07. The Morgan fingerprint density at radius 2 is 2.00 bits per heavy atom. The fourth-order valence-electron chi connectivity index (χ4n) is 1.97. The quantitative estimate of drug-likeness (QED) is 0.390. The molecule has 0 aliphatic rings. The zero-order valence-corrected chi connectivity index (χ0v) is 14.5. The summed E-state index contributed by atoms with van der Waals surface area (Å²) in [6.45, 7) is 1.87. The number of halogens is 1. The van der Waals surface area contributed by atoms with Crippen LogP contribution in [0.4, 0.5) is 22.1 Å². The van der Waals surface area contributed by atoms with Gasteiger partial charge in [-0.25, -0.2) is 14.8 Å². The number of H-pyrrole nitrogens is 1. The van der Waals surface area contributed by atoms with Gasteiger partial charge in [-0.2, -0.15) is 5.10 Å². The van der Waals surface area contributed by atoms with Crippen LogP contribution in [-0.4, -0.2) is 31.4 Å². The average Bonchev–Trinajstić information content (AvgIpc) is 2.93. The van der Waals surface area contributed by atoms with Gasteiger partial charge < -0.3 is 10.4 Å². The summed E-state index contributed by atoms with van der Waals surface area (Å²) in [5.74, 6) is 1.24. The summed E-state index contributed by atoms with van der Waals surface area (Å²) >= 11 is 7.38. The summed E-state index contributed by atoms with van der Waals surface area (Å²) in [7, 11) is 0. The van der Waals surface area contributed by atoms with Gasteiger partial charge in [-0.15, -0.1) is 0 Å². The molecule has 0 aliphatic carbocycles. The maximum absolute atomic E-state index is 10.6. The number of carbonyl (C=O) groups is 1. The lowest BCUT2D eigenvalue weighted by atomic mass is 10.3. The lowest BCUT2D eigenvalue weighted by molar-refractivity contribution is 0.210. The molecule has 0 saturated carbocycles. The molecule has 10 heteroatoms. The Balaban J connectivity index is 1.74. The molecule has 3 aromatic rings. The minimum atomic E-state index is -1.11. The Hall–Kier alpha value is -2.78. The third-order valence-electron chi connectivity index (χ3n) is 2.96. The third-order valence-corrected chi connectivity index (χ3v) is 4.02. The van der Waals surface area contributed by atoms with E-state index < -0.39 is 6.09 Å². The van der Waals surface area contributed by atoms with Gasteiger partial charge in [0, 0.05) is 22.7 Å². The number of aromatic nitrogens is 4. The Kier molecular flexibility index (Phi) is 5.05. The first kappa shape index (κ1) is 17.1. The number of benzene rings is 1. The Morgan fingerprint density at radius 1 is 1.24 bits per heavy atom. The standard InChI is InChI=1S/C15H13ClN6O2S/c1-8-6-13(22-21-8)19-12-7-11(16)18-14(20-12)25-10-4-2-9(3-5-10)17-15(23)24/h2-7,17H,1H3,(H,23,24)(H2,18,19,20,21,22). The lowest BCUT2D eigenvalue weighted by Gasteiger charge is -2.06. The molecule has 0 aliphatic heterocycles. The Morgan fingerprint density at radius 3 is 2.64 bits per heavy atom. The molecule has 4 N–H and O–H groups in total. The number of carboxylic acid groups (broad SMARTS) is 1. The number of amides is 1. The van der Waals surface area contributed by atoms with E-state index in [0.717, 1.165) is 10.6 Å². The molecule has 128 valence electrons. The van der Waals surface area contributed by atoms with E-state index in [0.29, 0.717) is 27.6 Å². The number of hydrogen-bond acceptors (Lipinski definition) is 6. The fourth-order valence-corrected chi connectivity index (χ4v) is 2.97. The molecule has 0 radical (unpaired) electrons. The first-order valence-corrected chi connectivity index (χ1v) is 8.29. The van der Waals surface area contributed by atoms with Crippen molar-refractivity contribution in [3.05, 3.63) is 47.2 Å². The SMILES string of the molecule is Cc1cc(Nc2cc(Cl)nc(Sc3ccc(NC(=O)O)cc3)n2)[nH]n1. The summed E-state index contributed by atoms with van der Waals surface area (Å²) in [5.41, 5.74) is 1.34. The number of rotatable bonds is 5. The highest BCUT2D eigenvalue weighted by Crippen LogP contribution is 2.28. The van der Waals surface area contributed by atoms with Crippen molar-refractivity contribution in [2.75, 3.05) is 10.6 Å². The molecule has 8 nitrogen and oxygen atoms in total. The molecule has 0 atom stereocenters. The van der Waals surface area contributed by atoms with E-state index in [1.54, 1.807) is 30.3 Å². The van der Waals surface area contributed by atoms with Crippen LogP contribution in [0, 0.1) is 6.92 Å². The van der Waals surface area contributed by atoms with Crippen molar-refractivity contribution in [2.45, 2.75) is 17.0 Å². The van der Waals surface area contributed by atoms with E-state index in [4.69, 9.17) is 16.7 Å². The van der Waals surface area contributed by atoms with E-state index >= 15 is 0 Å². The molecule has 0 saturated heterocycles. The van der Waals surface area contributed by atoms with Gasteiger partial charge in [-0.1, -0.05) is 11.6 Å². The van der Waals surface area contributed by atoms with Crippen LogP contribution < -0.4 is 10.6 Å². The van der Waals surface area contributed by atoms with Gasteiger partial charge in [0.15, 0.2) is 5.16 Å². The molecule has 25 heavy (non-hydrogen) atoms. The number of aromatic amines is 1. The zero-order chi connectivity index (χ0) is 17.8. The molecule has 0 fully saturated rings. The number of nitrogens with zero attached hydrogens (tertiary/aromatic N) is 3. The first-order chi connectivity index (χ1) is 12.0. The molecule has 1 aromatic carbocycles. The summed E-state index contributed by atoms with van der Waals surface area (Å²) < 4.78 is 0. The van der Waals surface area contributed by atoms with E-state index in [2.05, 4.69) is 30.8 Å². The highest BCUT2D eigenvalue weighted by molar-refractivity contribution is 7.99. The van der Waals surface area contributed by atoms with Gasteiger partial charge in [-0.3, -0.25) is 10.4 Å². The van der Waals surface area contributed by atoms with Crippen molar-refractivity contribution >= 4 is 46.8 Å². The van der Waals surface area contributed by atoms with Crippen LogP contribution in [-0.2, 0) is 0 Å². The van der Waals surface area contributed by atoms with Crippen molar-refractivity contribution in [2.24, 2.45) is 0 Å². The van der Waals surface area contributed by atoms with Gasteiger partial charge >= 0.3 is 6.09 Å². The smallest absolute Gasteiger partial charge is 0.409 e. The molecule has 0 bridgehead atoms. The van der Waals surface area contributed by atoms with Crippen LogP contribution in [0.2, 0.25) is 5.15 Å². The molecule has 1 amide bonds. The van der Waals surface area contributed by atoms with Crippen LogP contribution in [0.15, 0.2) is 46.5 Å². The van der Waals surface area contributed by atoms with Crippen LogP contribution >= 0.6 is 23.4 Å². The Labute approximate surface area is 152 Å². The zero-order valence-electron chi connectivity index (χ0n) is 12.9. The lowest BCUT2D eigenvalue weighted by Crippen LogP contribution is -2.06. The second-order valence-electron chi connectivity index (χ2n) is 4.96. The van der Waals surface area contributed by atoms with Gasteiger partial charge in [0.05, 0.1) is 5.69 Å². The van der Waals surface area contributed by atoms with Gasteiger partial charge in [0.2, 0.25) is 0 Å². The average molecular weight is 377 g/mol. The third kappa shape index (κ3) is 4.85. The molecule has 2 heterocycles. The topological polar surface area (TPSA) is 116 Å². The molecule has 2 aromatic heterocycles. The summed E-state index contributed by atoms with van der Waals surface area (Å²) in [6.07, 6.45) is -1.11. The number of anilines is 3. The maximum atomic E-state index is 10.6. The van der Waals surface area contributed by atoms with Crippen molar-refractivity contribution < 1.29 is 9.90 Å². The van der Waals surface area contributed by atoms with Gasteiger partial charge in [-0.05, 0) is 43.0 Å². The number of aryl methyl sites for hydroxylation is 1. The summed E-state index contributed by atoms with van der Waals surface area (Å²) in [5, 5.41) is 21.7. The van der Waals surface area contributed by atoms with Crippen molar-refractivity contribution in [1.82, 2.24) is 20.2 Å². The van der Waals surface area contributed by atoms with Crippen molar-refractivity contribution in [1.29, 1.82) is 0 Å². The maximum Gasteiger partial charge on any atom is 0.409 e. The minimum absolute atomic E-state index is 0.306. The van der Waals surface area contributed by atoms with Crippen molar-refractivity contribution in [3.63, 3.8) is 0 Å². The predicted molar refractivity (Wildman–Crippen MR) is 95.9 cm³/mol. The highest BCUT2D eigenvalue weighted by atomic mass is 35.5. The molecule has 0 spiro atoms. The van der Waals surface area contributed by atoms with E-state index in [-0.39, 0.29) is 0 Å². The normalized spacial score (nSPS) is 10.5. The van der Waals surface area contributed by atoms with Gasteiger partial charge in [0.1, 0.15) is 16.8 Å². The summed E-state index contributed by atoms with van der Waals surface area (Å²) in [6, 6.07) is 10.3. The van der Waals surface area contributed by atoms with Crippen LogP contribution in [0.5, 0.6) is 0 Å². The van der Waals surface area contributed by atoms with Crippen LogP contribution in [0.1, 0.15) is 5.69 Å². The predicted octanol–water partition coefficient (Wildman–Crippen LogP) is 4.15. The van der Waals surface area contributed by atoms with Crippen LogP contribution in [0.25, 0.3) is 0 Å². The number of hydrogen-bond donors (Lipinski definition) is 4. The van der Waals surface area contributed by atoms with Crippen LogP contribution in [0.3, 0.4) is 0 Å². The fraction of sp³-hybridized carbons (Fsp3) is 0.0667. The largest absolute Gasteiger partial charge is 0.465 e. The Bertz CT molecular complexity index is 899.